The average Bonchev–Trinajstić information content (AvgIpc) is 2.74. The molecule has 2 nitrogen and oxygen atoms in total. The third-order valence-corrected chi connectivity index (χ3v) is 5.38. The molecule has 3 aromatic carbocycles. The molecular formula is C25H30N2. The third kappa shape index (κ3) is 5.29. The molecule has 0 spiro atoms. The summed E-state index contributed by atoms with van der Waals surface area (Å²) in [6.07, 6.45) is 2.94. The molecule has 0 aliphatic carbocycles. The van der Waals surface area contributed by atoms with Crippen molar-refractivity contribution in [1.82, 2.24) is 0 Å². The Hall–Kier alpha value is -2.42. The number of hydrogen-bond acceptors (Lipinski definition) is 2. The normalized spacial score (nSPS) is 13.4. The summed E-state index contributed by atoms with van der Waals surface area (Å²) in [5.74, 6) is 0.621. The van der Waals surface area contributed by atoms with Crippen molar-refractivity contribution >= 4 is 0 Å². The van der Waals surface area contributed by atoms with Gasteiger partial charge in [0.2, 0.25) is 0 Å². The highest BCUT2D eigenvalue weighted by Gasteiger charge is 2.24. The fraction of sp³-hybridized carbons (Fsp3) is 0.280. The van der Waals surface area contributed by atoms with Crippen LogP contribution in [0.1, 0.15) is 47.8 Å². The molecule has 0 aromatic heterocycles. The summed E-state index contributed by atoms with van der Waals surface area (Å²) in [7, 11) is 0. The molecule has 0 fully saturated rings. The first-order chi connectivity index (χ1) is 13.3. The van der Waals surface area contributed by atoms with Crippen LogP contribution in [-0.4, -0.2) is 12.6 Å². The van der Waals surface area contributed by atoms with Gasteiger partial charge in [-0.15, -0.1) is 0 Å². The third-order valence-electron chi connectivity index (χ3n) is 5.38. The van der Waals surface area contributed by atoms with Gasteiger partial charge in [-0.3, -0.25) is 0 Å². The summed E-state index contributed by atoms with van der Waals surface area (Å²) in [5.41, 5.74) is 16.6. The Balaban J connectivity index is 1.87. The maximum absolute atomic E-state index is 6.83. The maximum Gasteiger partial charge on any atom is 0.0117 e. The molecule has 0 saturated heterocycles. The zero-order valence-corrected chi connectivity index (χ0v) is 15.9. The van der Waals surface area contributed by atoms with E-state index in [-0.39, 0.29) is 6.04 Å². The molecule has 0 heterocycles. The summed E-state index contributed by atoms with van der Waals surface area (Å²) >= 11 is 0. The average molecular weight is 359 g/mol. The van der Waals surface area contributed by atoms with Gasteiger partial charge in [-0.2, -0.15) is 0 Å². The van der Waals surface area contributed by atoms with Gasteiger partial charge in [-0.25, -0.2) is 0 Å². The van der Waals surface area contributed by atoms with Gasteiger partial charge in [0.05, 0.1) is 0 Å². The first-order valence-corrected chi connectivity index (χ1v) is 9.90. The van der Waals surface area contributed by atoms with E-state index in [0.29, 0.717) is 18.4 Å². The Labute approximate surface area is 163 Å². The van der Waals surface area contributed by atoms with Crippen molar-refractivity contribution in [2.75, 3.05) is 6.54 Å². The van der Waals surface area contributed by atoms with E-state index >= 15 is 0 Å². The molecule has 0 saturated carbocycles. The van der Waals surface area contributed by atoms with Gasteiger partial charge in [-0.1, -0.05) is 91.0 Å². The van der Waals surface area contributed by atoms with Gasteiger partial charge in [-0.05, 0) is 48.4 Å². The van der Waals surface area contributed by atoms with Crippen LogP contribution in [0.5, 0.6) is 0 Å². The van der Waals surface area contributed by atoms with Gasteiger partial charge in [0.15, 0.2) is 0 Å². The minimum absolute atomic E-state index is 0.0735. The van der Waals surface area contributed by atoms with Crippen molar-refractivity contribution in [2.24, 2.45) is 11.5 Å². The van der Waals surface area contributed by atoms with Crippen molar-refractivity contribution in [1.29, 1.82) is 0 Å². The Morgan fingerprint density at radius 1 is 0.630 bits per heavy atom. The van der Waals surface area contributed by atoms with Crippen molar-refractivity contribution in [2.45, 2.75) is 37.1 Å². The smallest absolute Gasteiger partial charge is 0.0117 e. The lowest BCUT2D eigenvalue weighted by atomic mass is 9.79. The van der Waals surface area contributed by atoms with E-state index in [1.54, 1.807) is 0 Å². The second-order valence-corrected chi connectivity index (χ2v) is 7.22. The Morgan fingerprint density at radius 3 is 1.52 bits per heavy atom. The minimum atomic E-state index is 0.0735. The molecule has 0 aliphatic rings. The van der Waals surface area contributed by atoms with E-state index in [4.69, 9.17) is 11.5 Å². The van der Waals surface area contributed by atoms with Gasteiger partial charge in [0.1, 0.15) is 0 Å². The molecule has 0 aliphatic heterocycles. The second-order valence-electron chi connectivity index (χ2n) is 7.22. The predicted molar refractivity (Wildman–Crippen MR) is 115 cm³/mol. The summed E-state index contributed by atoms with van der Waals surface area (Å²) in [6.45, 7) is 0.705. The maximum atomic E-state index is 6.83. The highest BCUT2D eigenvalue weighted by molar-refractivity contribution is 5.33. The number of rotatable bonds is 9. The minimum Gasteiger partial charge on any atom is -0.330 e. The highest BCUT2D eigenvalue weighted by Crippen LogP contribution is 2.34. The number of hydrogen-bond donors (Lipinski definition) is 2. The van der Waals surface area contributed by atoms with Crippen LogP contribution >= 0.6 is 0 Å². The zero-order valence-electron chi connectivity index (χ0n) is 15.9. The predicted octanol–water partition coefficient (Wildman–Crippen LogP) is 5.06. The zero-order chi connectivity index (χ0) is 18.9. The van der Waals surface area contributed by atoms with Gasteiger partial charge >= 0.3 is 0 Å². The second kappa shape index (κ2) is 10.1. The van der Waals surface area contributed by atoms with Crippen LogP contribution < -0.4 is 11.5 Å². The Kier molecular flexibility index (Phi) is 7.20. The first-order valence-electron chi connectivity index (χ1n) is 9.90. The van der Waals surface area contributed by atoms with Crippen LogP contribution in [0.25, 0.3) is 0 Å². The summed E-state index contributed by atoms with van der Waals surface area (Å²) in [4.78, 5) is 0. The van der Waals surface area contributed by atoms with Gasteiger partial charge < -0.3 is 11.5 Å². The molecule has 4 N–H and O–H groups in total. The molecule has 0 amide bonds. The van der Waals surface area contributed by atoms with Crippen LogP contribution in [0.3, 0.4) is 0 Å². The van der Waals surface area contributed by atoms with E-state index in [2.05, 4.69) is 91.0 Å². The first kappa shape index (κ1) is 19.3. The van der Waals surface area contributed by atoms with Gasteiger partial charge in [0, 0.05) is 12.0 Å². The molecule has 0 radical (unpaired) electrons. The van der Waals surface area contributed by atoms with E-state index in [9.17, 15) is 0 Å². The van der Waals surface area contributed by atoms with Crippen LogP contribution in [0, 0.1) is 0 Å². The molecule has 140 valence electrons. The lowest BCUT2D eigenvalue weighted by Crippen LogP contribution is -2.31. The standard InChI is InChI=1S/C25H30N2/c26-18-10-17-23(20-11-4-1-5-12-20)25(27)19-24(21-13-6-2-7-14-21)22-15-8-3-9-16-22/h1-9,11-16,23-25H,10,17-19,26-27H2. The largest absolute Gasteiger partial charge is 0.330 e. The molecule has 3 rings (SSSR count). The quantitative estimate of drug-likeness (QED) is 0.562. The fourth-order valence-corrected chi connectivity index (χ4v) is 3.94. The molecule has 0 bridgehead atoms. The van der Waals surface area contributed by atoms with Crippen LogP contribution in [0.4, 0.5) is 0 Å². The van der Waals surface area contributed by atoms with Crippen molar-refractivity contribution in [3.63, 3.8) is 0 Å². The highest BCUT2D eigenvalue weighted by atomic mass is 14.7. The SMILES string of the molecule is NCCCC(c1ccccc1)C(N)CC(c1ccccc1)c1ccccc1. The van der Waals surface area contributed by atoms with E-state index in [1.165, 1.54) is 16.7 Å². The molecule has 2 atom stereocenters. The van der Waals surface area contributed by atoms with Crippen molar-refractivity contribution < 1.29 is 0 Å². The lowest BCUT2D eigenvalue weighted by molar-refractivity contribution is 0.447. The van der Waals surface area contributed by atoms with Crippen LogP contribution in [-0.2, 0) is 0 Å². The topological polar surface area (TPSA) is 52.0 Å². The fourth-order valence-electron chi connectivity index (χ4n) is 3.94. The summed E-state index contributed by atoms with van der Waals surface area (Å²) in [5, 5.41) is 0. The van der Waals surface area contributed by atoms with Crippen LogP contribution in [0.2, 0.25) is 0 Å². The van der Waals surface area contributed by atoms with Crippen molar-refractivity contribution in [3.8, 4) is 0 Å². The molecule has 2 heteroatoms. The molecule has 27 heavy (non-hydrogen) atoms. The molecule has 3 aromatic rings. The monoisotopic (exact) mass is 358 g/mol. The Bertz CT molecular complexity index is 732. The molecule has 2 unspecified atom stereocenters. The van der Waals surface area contributed by atoms with Crippen molar-refractivity contribution in [3.05, 3.63) is 108 Å². The van der Waals surface area contributed by atoms with Gasteiger partial charge in [0.25, 0.3) is 0 Å². The number of benzene rings is 3. The number of nitrogens with two attached hydrogens (primary N) is 2. The lowest BCUT2D eigenvalue weighted by Gasteiger charge is -2.29. The Morgan fingerprint density at radius 2 is 1.07 bits per heavy atom. The van der Waals surface area contributed by atoms with E-state index in [1.807, 2.05) is 0 Å². The van der Waals surface area contributed by atoms with E-state index in [0.717, 1.165) is 19.3 Å². The summed E-state index contributed by atoms with van der Waals surface area (Å²) < 4.78 is 0. The summed E-state index contributed by atoms with van der Waals surface area (Å²) in [6, 6.07) is 32.1. The van der Waals surface area contributed by atoms with Crippen LogP contribution in [0.15, 0.2) is 91.0 Å². The van der Waals surface area contributed by atoms with E-state index < -0.39 is 0 Å². The molecular weight excluding hydrogens is 328 g/mol.